The number of fused-ring (bicyclic) bond motifs is 1. The number of carbonyl (C=O) groups is 1. The quantitative estimate of drug-likeness (QED) is 0.488. The summed E-state index contributed by atoms with van der Waals surface area (Å²) in [6, 6.07) is 10.2. The van der Waals surface area contributed by atoms with Crippen LogP contribution in [0.2, 0.25) is 0 Å². The highest BCUT2D eigenvalue weighted by atomic mass is 16.4. The molecule has 4 N–H and O–H groups in total. The molecule has 2 heterocycles. The van der Waals surface area contributed by atoms with Crippen molar-refractivity contribution in [2.75, 3.05) is 17.2 Å². The van der Waals surface area contributed by atoms with Gasteiger partial charge in [0, 0.05) is 29.7 Å². The van der Waals surface area contributed by atoms with Crippen molar-refractivity contribution in [2.24, 2.45) is 5.41 Å². The summed E-state index contributed by atoms with van der Waals surface area (Å²) < 4.78 is 0. The van der Waals surface area contributed by atoms with Gasteiger partial charge in [0.25, 0.3) is 0 Å². The molecule has 0 atom stereocenters. The standard InChI is InChI=1S/C21H22N6O2/c1-21(19(28)29)8-15(9-21)26-18-14(10-22)12-25-20(27-18)23-7-6-13-11-24-17-5-3-2-4-16(13)17/h2-5,11-12,15,24H,6-9H2,1H3,(H,28,29)(H2,23,25,26,27). The monoisotopic (exact) mass is 390 g/mol. The van der Waals surface area contributed by atoms with Gasteiger partial charge >= 0.3 is 5.97 Å². The van der Waals surface area contributed by atoms with Gasteiger partial charge in [0.15, 0.2) is 0 Å². The third-order valence-electron chi connectivity index (χ3n) is 5.51. The van der Waals surface area contributed by atoms with Crippen LogP contribution in [0.5, 0.6) is 0 Å². The maximum atomic E-state index is 11.3. The Morgan fingerprint density at radius 2 is 2.21 bits per heavy atom. The number of H-pyrrole nitrogens is 1. The van der Waals surface area contributed by atoms with E-state index in [9.17, 15) is 15.2 Å². The van der Waals surface area contributed by atoms with Crippen LogP contribution >= 0.6 is 0 Å². The van der Waals surface area contributed by atoms with Gasteiger partial charge in [0.2, 0.25) is 5.95 Å². The first-order valence-electron chi connectivity index (χ1n) is 9.54. The Bertz CT molecular complexity index is 1090. The molecular weight excluding hydrogens is 368 g/mol. The molecule has 1 saturated carbocycles. The second-order valence-electron chi connectivity index (χ2n) is 7.72. The third kappa shape index (κ3) is 3.72. The fourth-order valence-electron chi connectivity index (χ4n) is 3.80. The van der Waals surface area contributed by atoms with Gasteiger partial charge in [0.1, 0.15) is 17.5 Å². The van der Waals surface area contributed by atoms with Crippen LogP contribution in [0.15, 0.2) is 36.7 Å². The lowest BCUT2D eigenvalue weighted by atomic mass is 9.67. The number of carboxylic acid groups (broad SMARTS) is 1. The van der Waals surface area contributed by atoms with Crippen LogP contribution in [0.3, 0.4) is 0 Å². The molecule has 3 aromatic rings. The molecule has 0 amide bonds. The summed E-state index contributed by atoms with van der Waals surface area (Å²) in [5.74, 6) is 0.0829. The van der Waals surface area contributed by atoms with Gasteiger partial charge in [-0.25, -0.2) is 4.98 Å². The van der Waals surface area contributed by atoms with Crippen molar-refractivity contribution in [2.45, 2.75) is 32.2 Å². The lowest BCUT2D eigenvalue weighted by molar-refractivity contribution is -0.153. The van der Waals surface area contributed by atoms with Crippen LogP contribution < -0.4 is 10.6 Å². The van der Waals surface area contributed by atoms with Gasteiger partial charge in [-0.2, -0.15) is 10.2 Å². The maximum Gasteiger partial charge on any atom is 0.309 e. The van der Waals surface area contributed by atoms with Crippen LogP contribution in [0.25, 0.3) is 10.9 Å². The number of nitrogens with zero attached hydrogens (tertiary/aromatic N) is 3. The number of hydrogen-bond acceptors (Lipinski definition) is 6. The number of nitriles is 1. The lowest BCUT2D eigenvalue weighted by Gasteiger charge is -2.42. The molecule has 0 unspecified atom stereocenters. The number of hydrogen-bond donors (Lipinski definition) is 4. The molecule has 2 aromatic heterocycles. The third-order valence-corrected chi connectivity index (χ3v) is 5.51. The zero-order valence-corrected chi connectivity index (χ0v) is 16.1. The predicted molar refractivity (Wildman–Crippen MR) is 110 cm³/mol. The highest BCUT2D eigenvalue weighted by Crippen LogP contribution is 2.42. The normalized spacial score (nSPS) is 20.6. The molecule has 8 heteroatoms. The number of rotatable bonds is 7. The van der Waals surface area contributed by atoms with Gasteiger partial charge in [-0.05, 0) is 37.8 Å². The molecule has 0 saturated heterocycles. The number of para-hydroxylation sites is 1. The fourth-order valence-corrected chi connectivity index (χ4v) is 3.80. The second-order valence-corrected chi connectivity index (χ2v) is 7.72. The largest absolute Gasteiger partial charge is 0.481 e. The van der Waals surface area contributed by atoms with E-state index in [2.05, 4.69) is 37.7 Å². The van der Waals surface area contributed by atoms with Crippen LogP contribution in [0.4, 0.5) is 11.8 Å². The number of aromatic nitrogens is 3. The van der Waals surface area contributed by atoms with Crippen LogP contribution in [0.1, 0.15) is 30.9 Å². The highest BCUT2D eigenvalue weighted by molar-refractivity contribution is 5.83. The van der Waals surface area contributed by atoms with Crippen molar-refractivity contribution < 1.29 is 9.90 Å². The second kappa shape index (κ2) is 7.43. The molecule has 148 valence electrons. The summed E-state index contributed by atoms with van der Waals surface area (Å²) in [7, 11) is 0. The Morgan fingerprint density at radius 3 is 2.97 bits per heavy atom. The molecule has 0 spiro atoms. The van der Waals surface area contributed by atoms with E-state index in [1.54, 1.807) is 6.92 Å². The summed E-state index contributed by atoms with van der Waals surface area (Å²) >= 11 is 0. The number of benzene rings is 1. The first kappa shape index (κ1) is 18.7. The first-order chi connectivity index (χ1) is 14.0. The molecule has 8 nitrogen and oxygen atoms in total. The molecular formula is C21H22N6O2. The Labute approximate surface area is 168 Å². The number of carboxylic acids is 1. The predicted octanol–water partition coefficient (Wildman–Crippen LogP) is 3.15. The van der Waals surface area contributed by atoms with Crippen molar-refractivity contribution in [3.05, 3.63) is 47.8 Å². The Hall–Kier alpha value is -3.60. The maximum absolute atomic E-state index is 11.3. The van der Waals surface area contributed by atoms with Gasteiger partial charge in [-0.1, -0.05) is 18.2 Å². The van der Waals surface area contributed by atoms with Crippen molar-refractivity contribution in [1.82, 2.24) is 15.0 Å². The molecule has 29 heavy (non-hydrogen) atoms. The summed E-state index contributed by atoms with van der Waals surface area (Å²) in [6.07, 6.45) is 5.30. The average molecular weight is 390 g/mol. The molecule has 0 radical (unpaired) electrons. The van der Waals surface area contributed by atoms with Crippen LogP contribution in [0, 0.1) is 16.7 Å². The molecule has 0 bridgehead atoms. The molecule has 1 aromatic carbocycles. The summed E-state index contributed by atoms with van der Waals surface area (Å²) in [4.78, 5) is 23.2. The van der Waals surface area contributed by atoms with Crippen molar-refractivity contribution >= 4 is 28.6 Å². The minimum atomic E-state index is -0.793. The number of aliphatic carboxylic acids is 1. The number of nitrogens with one attached hydrogen (secondary N) is 3. The molecule has 1 aliphatic rings. The minimum Gasteiger partial charge on any atom is -0.481 e. The van der Waals surface area contributed by atoms with E-state index in [4.69, 9.17) is 0 Å². The van der Waals surface area contributed by atoms with Gasteiger partial charge in [-0.3, -0.25) is 4.79 Å². The molecule has 0 aliphatic heterocycles. The zero-order valence-electron chi connectivity index (χ0n) is 16.1. The number of anilines is 2. The first-order valence-corrected chi connectivity index (χ1v) is 9.54. The van der Waals surface area contributed by atoms with Gasteiger partial charge < -0.3 is 20.7 Å². The van der Waals surface area contributed by atoms with Gasteiger partial charge in [-0.15, -0.1) is 0 Å². The van der Waals surface area contributed by atoms with Gasteiger partial charge in [0.05, 0.1) is 11.6 Å². The fraction of sp³-hybridized carbons (Fsp3) is 0.333. The van der Waals surface area contributed by atoms with E-state index in [1.165, 1.54) is 17.1 Å². The zero-order chi connectivity index (χ0) is 20.4. The SMILES string of the molecule is CC1(C(=O)O)CC(Nc2nc(NCCc3c[nH]c4ccccc34)ncc2C#N)C1. The van der Waals surface area contributed by atoms with E-state index >= 15 is 0 Å². The van der Waals surface area contributed by atoms with Crippen molar-refractivity contribution in [1.29, 1.82) is 5.26 Å². The Balaban J connectivity index is 1.39. The highest BCUT2D eigenvalue weighted by Gasteiger charge is 2.46. The summed E-state index contributed by atoms with van der Waals surface area (Å²) in [6.45, 7) is 2.38. The van der Waals surface area contributed by atoms with E-state index in [1.807, 2.05) is 24.4 Å². The number of aromatic amines is 1. The smallest absolute Gasteiger partial charge is 0.309 e. The van der Waals surface area contributed by atoms with E-state index in [-0.39, 0.29) is 6.04 Å². The van der Waals surface area contributed by atoms with Crippen LogP contribution in [-0.2, 0) is 11.2 Å². The van der Waals surface area contributed by atoms with Crippen molar-refractivity contribution in [3.63, 3.8) is 0 Å². The Morgan fingerprint density at radius 1 is 1.41 bits per heavy atom. The van der Waals surface area contributed by atoms with E-state index < -0.39 is 11.4 Å². The summed E-state index contributed by atoms with van der Waals surface area (Å²) in [5.41, 5.74) is 1.95. The van der Waals surface area contributed by atoms with E-state index in [0.29, 0.717) is 36.7 Å². The van der Waals surface area contributed by atoms with E-state index in [0.717, 1.165) is 11.9 Å². The topological polar surface area (TPSA) is 127 Å². The molecule has 1 fully saturated rings. The van der Waals surface area contributed by atoms with Crippen LogP contribution in [-0.4, -0.2) is 38.6 Å². The molecule has 1 aliphatic carbocycles. The Kier molecular flexibility index (Phi) is 4.80. The summed E-state index contributed by atoms with van der Waals surface area (Å²) in [5, 5.41) is 26.2. The molecule has 4 rings (SSSR count). The minimum absolute atomic E-state index is 0.0165. The lowest BCUT2D eigenvalue weighted by Crippen LogP contribution is -2.48. The van der Waals surface area contributed by atoms with Crippen molar-refractivity contribution in [3.8, 4) is 6.07 Å². The average Bonchev–Trinajstić information content (AvgIpc) is 3.10.